The zero-order valence-electron chi connectivity index (χ0n) is 9.37. The van der Waals surface area contributed by atoms with Crippen LogP contribution in [-0.2, 0) is 4.74 Å². The number of halogens is 1. The fourth-order valence-corrected chi connectivity index (χ4v) is 2.24. The molecule has 0 radical (unpaired) electrons. The minimum atomic E-state index is -0.468. The van der Waals surface area contributed by atoms with Gasteiger partial charge in [0.05, 0.1) is 5.56 Å². The fraction of sp³-hybridized carbons (Fsp3) is 0.500. The molecule has 1 N–H and O–H groups in total. The van der Waals surface area contributed by atoms with Crippen LogP contribution in [0.2, 0.25) is 5.15 Å². The zero-order chi connectivity index (χ0) is 12.3. The highest BCUT2D eigenvalue weighted by molar-refractivity contribution is 6.29. The van der Waals surface area contributed by atoms with Gasteiger partial charge in [0.2, 0.25) is 5.56 Å². The summed E-state index contributed by atoms with van der Waals surface area (Å²) >= 11 is 5.67. The molecule has 2 rings (SSSR count). The fourth-order valence-electron chi connectivity index (χ4n) is 2.03. The van der Waals surface area contributed by atoms with Gasteiger partial charge in [0.25, 0.3) is 0 Å². The molecule has 0 atom stereocenters. The third kappa shape index (κ3) is 3.33. The molecule has 1 aliphatic carbocycles. The Morgan fingerprint density at radius 1 is 1.29 bits per heavy atom. The van der Waals surface area contributed by atoms with E-state index in [9.17, 15) is 9.59 Å². The third-order valence-corrected chi connectivity index (χ3v) is 3.08. The van der Waals surface area contributed by atoms with Crippen LogP contribution in [0.25, 0.3) is 0 Å². The van der Waals surface area contributed by atoms with Gasteiger partial charge in [0.15, 0.2) is 0 Å². The van der Waals surface area contributed by atoms with Gasteiger partial charge in [-0.15, -0.1) is 0 Å². The highest BCUT2D eigenvalue weighted by atomic mass is 35.5. The lowest BCUT2D eigenvalue weighted by molar-refractivity contribution is 0.0211. The number of ether oxygens (including phenoxy) is 1. The highest BCUT2D eigenvalue weighted by Gasteiger charge is 2.19. The number of aromatic nitrogens is 1. The average molecular weight is 256 g/mol. The lowest BCUT2D eigenvalue weighted by Crippen LogP contribution is -2.22. The van der Waals surface area contributed by atoms with Crippen molar-refractivity contribution in [2.75, 3.05) is 0 Å². The van der Waals surface area contributed by atoms with E-state index in [1.54, 1.807) is 0 Å². The van der Waals surface area contributed by atoms with Crippen molar-refractivity contribution < 1.29 is 9.53 Å². The summed E-state index contributed by atoms with van der Waals surface area (Å²) in [4.78, 5) is 25.3. The van der Waals surface area contributed by atoms with Gasteiger partial charge in [0.1, 0.15) is 11.3 Å². The van der Waals surface area contributed by atoms with Crippen molar-refractivity contribution in [1.82, 2.24) is 4.98 Å². The van der Waals surface area contributed by atoms with E-state index in [0.29, 0.717) is 0 Å². The van der Waals surface area contributed by atoms with Crippen LogP contribution in [0.5, 0.6) is 0 Å². The summed E-state index contributed by atoms with van der Waals surface area (Å²) in [6.07, 6.45) is 5.17. The summed E-state index contributed by atoms with van der Waals surface area (Å²) in [6, 6.07) is 2.62. The number of hydrogen-bond acceptors (Lipinski definition) is 3. The van der Waals surface area contributed by atoms with E-state index in [0.717, 1.165) is 25.7 Å². The molecule has 0 unspecified atom stereocenters. The molecule has 1 aromatic rings. The number of esters is 1. The maximum absolute atomic E-state index is 11.8. The predicted molar refractivity (Wildman–Crippen MR) is 64.4 cm³/mol. The molecule has 1 aliphatic rings. The SMILES string of the molecule is O=C(OC1CCCCC1)c1cc(Cl)[nH]c(=O)c1. The number of hydrogen-bond donors (Lipinski definition) is 1. The molecule has 1 heterocycles. The first-order valence-corrected chi connectivity index (χ1v) is 6.14. The number of H-pyrrole nitrogens is 1. The van der Waals surface area contributed by atoms with Crippen molar-refractivity contribution in [3.63, 3.8) is 0 Å². The first-order valence-electron chi connectivity index (χ1n) is 5.76. The second-order valence-corrected chi connectivity index (χ2v) is 4.65. The normalized spacial score (nSPS) is 16.8. The van der Waals surface area contributed by atoms with Crippen LogP contribution in [-0.4, -0.2) is 17.1 Å². The van der Waals surface area contributed by atoms with Gasteiger partial charge in [0, 0.05) is 6.07 Å². The van der Waals surface area contributed by atoms with Gasteiger partial charge < -0.3 is 9.72 Å². The maximum Gasteiger partial charge on any atom is 0.338 e. The van der Waals surface area contributed by atoms with E-state index in [4.69, 9.17) is 16.3 Å². The van der Waals surface area contributed by atoms with Crippen LogP contribution in [0.4, 0.5) is 0 Å². The van der Waals surface area contributed by atoms with E-state index in [1.807, 2.05) is 0 Å². The van der Waals surface area contributed by atoms with Crippen molar-refractivity contribution in [3.8, 4) is 0 Å². The van der Waals surface area contributed by atoms with Crippen molar-refractivity contribution >= 4 is 17.6 Å². The Labute approximate surface area is 104 Å². The van der Waals surface area contributed by atoms with Crippen LogP contribution >= 0.6 is 11.6 Å². The van der Waals surface area contributed by atoms with E-state index in [2.05, 4.69) is 4.98 Å². The summed E-state index contributed by atoms with van der Waals surface area (Å²) in [7, 11) is 0. The molecule has 4 nitrogen and oxygen atoms in total. The highest BCUT2D eigenvalue weighted by Crippen LogP contribution is 2.21. The molecule has 5 heteroatoms. The van der Waals surface area contributed by atoms with Crippen molar-refractivity contribution in [3.05, 3.63) is 33.2 Å². The summed E-state index contributed by atoms with van der Waals surface area (Å²) in [6.45, 7) is 0. The van der Waals surface area contributed by atoms with Crippen LogP contribution in [0.3, 0.4) is 0 Å². The van der Waals surface area contributed by atoms with Gasteiger partial charge >= 0.3 is 5.97 Å². The molecule has 0 saturated heterocycles. The summed E-state index contributed by atoms with van der Waals surface area (Å²) in [5.41, 5.74) is -0.183. The Morgan fingerprint density at radius 3 is 2.65 bits per heavy atom. The first-order chi connectivity index (χ1) is 8.15. The van der Waals surface area contributed by atoms with Crippen LogP contribution in [0, 0.1) is 0 Å². The molecule has 1 fully saturated rings. The minimum Gasteiger partial charge on any atom is -0.459 e. The molecule has 1 aromatic heterocycles. The second kappa shape index (κ2) is 5.36. The molecule has 0 aromatic carbocycles. The quantitative estimate of drug-likeness (QED) is 0.653. The van der Waals surface area contributed by atoms with E-state index < -0.39 is 11.5 Å². The molecule has 0 amide bonds. The topological polar surface area (TPSA) is 59.2 Å². The summed E-state index contributed by atoms with van der Waals surface area (Å²) in [5, 5.41) is 0.146. The van der Waals surface area contributed by atoms with Gasteiger partial charge in [-0.2, -0.15) is 0 Å². The molecule has 17 heavy (non-hydrogen) atoms. The van der Waals surface area contributed by atoms with Gasteiger partial charge in [-0.1, -0.05) is 18.0 Å². The van der Waals surface area contributed by atoms with E-state index in [1.165, 1.54) is 18.6 Å². The standard InChI is InChI=1S/C12H14ClNO3/c13-10-6-8(7-11(15)14-10)12(16)17-9-4-2-1-3-5-9/h6-7,9H,1-5H2,(H,14,15). The van der Waals surface area contributed by atoms with E-state index in [-0.39, 0.29) is 16.8 Å². The predicted octanol–water partition coefficient (Wildman–Crippen LogP) is 2.52. The van der Waals surface area contributed by atoms with Crippen LogP contribution < -0.4 is 5.56 Å². The minimum absolute atomic E-state index is 0.0192. The molecule has 0 aliphatic heterocycles. The molecule has 0 spiro atoms. The Hall–Kier alpha value is -1.29. The Kier molecular flexibility index (Phi) is 3.84. The van der Waals surface area contributed by atoms with Crippen molar-refractivity contribution in [2.24, 2.45) is 0 Å². The largest absolute Gasteiger partial charge is 0.459 e. The molecule has 0 bridgehead atoms. The zero-order valence-corrected chi connectivity index (χ0v) is 10.1. The lowest BCUT2D eigenvalue weighted by Gasteiger charge is -2.21. The second-order valence-electron chi connectivity index (χ2n) is 4.25. The molecule has 92 valence electrons. The maximum atomic E-state index is 11.8. The van der Waals surface area contributed by atoms with Gasteiger partial charge in [-0.05, 0) is 31.7 Å². The number of nitrogens with one attached hydrogen (secondary N) is 1. The monoisotopic (exact) mass is 255 g/mol. The van der Waals surface area contributed by atoms with Gasteiger partial charge in [-0.25, -0.2) is 4.79 Å². The number of carbonyl (C=O) groups excluding carboxylic acids is 1. The van der Waals surface area contributed by atoms with Crippen molar-refractivity contribution in [2.45, 2.75) is 38.2 Å². The van der Waals surface area contributed by atoms with Crippen molar-refractivity contribution in [1.29, 1.82) is 0 Å². The Bertz CT molecular complexity index is 463. The Balaban J connectivity index is 2.05. The summed E-state index contributed by atoms with van der Waals surface area (Å²) < 4.78 is 5.34. The first kappa shape index (κ1) is 12.2. The number of pyridine rings is 1. The number of rotatable bonds is 2. The van der Waals surface area contributed by atoms with E-state index >= 15 is 0 Å². The molecular weight excluding hydrogens is 242 g/mol. The third-order valence-electron chi connectivity index (χ3n) is 2.87. The summed E-state index contributed by atoms with van der Waals surface area (Å²) in [5.74, 6) is -0.468. The van der Waals surface area contributed by atoms with Crippen LogP contribution in [0.15, 0.2) is 16.9 Å². The molecular formula is C12H14ClNO3. The van der Waals surface area contributed by atoms with Gasteiger partial charge in [-0.3, -0.25) is 4.79 Å². The smallest absolute Gasteiger partial charge is 0.338 e. The average Bonchev–Trinajstić information content (AvgIpc) is 2.29. The number of carbonyl (C=O) groups is 1. The Morgan fingerprint density at radius 2 is 2.00 bits per heavy atom. The molecule has 1 saturated carbocycles. The number of aromatic amines is 1. The lowest BCUT2D eigenvalue weighted by atomic mass is 9.98. The van der Waals surface area contributed by atoms with Crippen LogP contribution in [0.1, 0.15) is 42.5 Å².